The van der Waals surface area contributed by atoms with Gasteiger partial charge in [-0.3, -0.25) is 0 Å². The first-order valence-corrected chi connectivity index (χ1v) is 6.73. The molecule has 0 saturated heterocycles. The van der Waals surface area contributed by atoms with Crippen molar-refractivity contribution in [3.63, 3.8) is 0 Å². The van der Waals surface area contributed by atoms with Gasteiger partial charge < -0.3 is 9.84 Å². The SMILES string of the molecule is O=C(O)c1cc(Oc2ccc(I)cc2)ccc1C(F)(F)F. The third kappa shape index (κ3) is 3.87. The molecule has 3 nitrogen and oxygen atoms in total. The van der Waals surface area contributed by atoms with Crippen LogP contribution in [0, 0.1) is 3.57 Å². The van der Waals surface area contributed by atoms with Gasteiger partial charge in [0.2, 0.25) is 0 Å². The number of hydrogen-bond donors (Lipinski definition) is 1. The molecule has 0 amide bonds. The standard InChI is InChI=1S/C14H8F3IO3/c15-14(16,17)12-6-5-10(7-11(12)13(19)20)21-9-3-1-8(18)2-4-9/h1-7H,(H,19,20). The van der Waals surface area contributed by atoms with Gasteiger partial charge >= 0.3 is 12.1 Å². The lowest BCUT2D eigenvalue weighted by Gasteiger charge is -2.12. The highest BCUT2D eigenvalue weighted by molar-refractivity contribution is 14.1. The predicted octanol–water partition coefficient (Wildman–Crippen LogP) is 4.80. The average molecular weight is 408 g/mol. The van der Waals surface area contributed by atoms with E-state index in [0.29, 0.717) is 11.8 Å². The fourth-order valence-electron chi connectivity index (χ4n) is 1.65. The summed E-state index contributed by atoms with van der Waals surface area (Å²) in [5.41, 5.74) is -2.05. The van der Waals surface area contributed by atoms with Crippen molar-refractivity contribution in [2.24, 2.45) is 0 Å². The summed E-state index contributed by atoms with van der Waals surface area (Å²) in [4.78, 5) is 11.0. The van der Waals surface area contributed by atoms with E-state index in [-0.39, 0.29) is 5.75 Å². The molecule has 7 heteroatoms. The number of ether oxygens (including phenoxy) is 1. The smallest absolute Gasteiger partial charge is 0.417 e. The number of rotatable bonds is 3. The van der Waals surface area contributed by atoms with Crippen LogP contribution in [0.15, 0.2) is 42.5 Å². The van der Waals surface area contributed by atoms with Crippen LogP contribution in [-0.2, 0) is 6.18 Å². The van der Waals surface area contributed by atoms with Gasteiger partial charge in [0, 0.05) is 3.57 Å². The van der Waals surface area contributed by atoms with E-state index < -0.39 is 23.3 Å². The summed E-state index contributed by atoms with van der Waals surface area (Å²) in [6, 6.07) is 9.46. The van der Waals surface area contributed by atoms with E-state index in [0.717, 1.165) is 15.7 Å². The molecule has 21 heavy (non-hydrogen) atoms. The van der Waals surface area contributed by atoms with E-state index in [1.165, 1.54) is 0 Å². The number of hydrogen-bond acceptors (Lipinski definition) is 2. The first-order valence-electron chi connectivity index (χ1n) is 5.65. The molecule has 0 aromatic heterocycles. The zero-order valence-electron chi connectivity index (χ0n) is 10.3. The highest BCUT2D eigenvalue weighted by Crippen LogP contribution is 2.34. The summed E-state index contributed by atoms with van der Waals surface area (Å²) in [5, 5.41) is 8.90. The molecule has 2 aromatic rings. The largest absolute Gasteiger partial charge is 0.478 e. The Bertz CT molecular complexity index is 666. The Morgan fingerprint density at radius 3 is 2.14 bits per heavy atom. The van der Waals surface area contributed by atoms with Crippen LogP contribution < -0.4 is 4.74 Å². The van der Waals surface area contributed by atoms with Crippen LogP contribution in [-0.4, -0.2) is 11.1 Å². The second kappa shape index (κ2) is 5.92. The highest BCUT2D eigenvalue weighted by Gasteiger charge is 2.35. The molecule has 2 aromatic carbocycles. The van der Waals surface area contributed by atoms with Crippen molar-refractivity contribution in [3.05, 3.63) is 57.2 Å². The maximum Gasteiger partial charge on any atom is 0.417 e. The Hall–Kier alpha value is -1.77. The molecular formula is C14H8F3IO3. The molecule has 0 aliphatic carbocycles. The summed E-state index contributed by atoms with van der Waals surface area (Å²) >= 11 is 2.10. The monoisotopic (exact) mass is 408 g/mol. The van der Waals surface area contributed by atoms with E-state index in [9.17, 15) is 18.0 Å². The van der Waals surface area contributed by atoms with Gasteiger partial charge in [0.1, 0.15) is 11.5 Å². The van der Waals surface area contributed by atoms with Crippen LogP contribution in [0.5, 0.6) is 11.5 Å². The minimum atomic E-state index is -4.73. The Labute approximate surface area is 131 Å². The second-order valence-electron chi connectivity index (χ2n) is 4.07. The lowest BCUT2D eigenvalue weighted by Crippen LogP contribution is -2.12. The molecule has 0 aliphatic rings. The van der Waals surface area contributed by atoms with Crippen molar-refractivity contribution < 1.29 is 27.8 Å². The minimum Gasteiger partial charge on any atom is -0.478 e. The summed E-state index contributed by atoms with van der Waals surface area (Å²) < 4.78 is 44.4. The topological polar surface area (TPSA) is 46.5 Å². The van der Waals surface area contributed by atoms with Gasteiger partial charge in [-0.05, 0) is 65.1 Å². The number of carboxylic acid groups (broad SMARTS) is 1. The van der Waals surface area contributed by atoms with Crippen molar-refractivity contribution in [2.45, 2.75) is 6.18 Å². The Morgan fingerprint density at radius 1 is 1.05 bits per heavy atom. The third-order valence-corrected chi connectivity index (χ3v) is 3.30. The zero-order valence-corrected chi connectivity index (χ0v) is 12.5. The summed E-state index contributed by atoms with van der Waals surface area (Å²) in [5.74, 6) is -1.22. The summed E-state index contributed by atoms with van der Waals surface area (Å²) in [6.07, 6.45) is -4.73. The normalized spacial score (nSPS) is 11.2. The van der Waals surface area contributed by atoms with Crippen LogP contribution >= 0.6 is 22.6 Å². The second-order valence-corrected chi connectivity index (χ2v) is 5.31. The third-order valence-electron chi connectivity index (χ3n) is 2.58. The molecule has 0 bridgehead atoms. The van der Waals surface area contributed by atoms with Gasteiger partial charge in [-0.1, -0.05) is 0 Å². The molecule has 110 valence electrons. The Balaban J connectivity index is 2.36. The fourth-order valence-corrected chi connectivity index (χ4v) is 2.01. The van der Waals surface area contributed by atoms with E-state index >= 15 is 0 Å². The van der Waals surface area contributed by atoms with Crippen molar-refractivity contribution in [2.75, 3.05) is 0 Å². The Morgan fingerprint density at radius 2 is 1.62 bits per heavy atom. The van der Waals surface area contributed by atoms with Gasteiger partial charge in [0.05, 0.1) is 11.1 Å². The van der Waals surface area contributed by atoms with Gasteiger partial charge in [-0.15, -0.1) is 0 Å². The quantitative estimate of drug-likeness (QED) is 0.743. The molecule has 0 heterocycles. The van der Waals surface area contributed by atoms with Crippen LogP contribution in [0.2, 0.25) is 0 Å². The molecule has 0 aliphatic heterocycles. The number of alkyl halides is 3. The van der Waals surface area contributed by atoms with Crippen LogP contribution in [0.4, 0.5) is 13.2 Å². The number of carboxylic acids is 1. The number of halogens is 4. The number of benzene rings is 2. The van der Waals surface area contributed by atoms with Crippen molar-refractivity contribution >= 4 is 28.6 Å². The first kappa shape index (κ1) is 15.6. The highest BCUT2D eigenvalue weighted by atomic mass is 127. The Kier molecular flexibility index (Phi) is 4.40. The molecule has 0 spiro atoms. The number of carbonyl (C=O) groups is 1. The fraction of sp³-hybridized carbons (Fsp3) is 0.0714. The average Bonchev–Trinajstić information content (AvgIpc) is 2.40. The maximum atomic E-state index is 12.7. The number of aromatic carboxylic acids is 1. The van der Waals surface area contributed by atoms with Crippen molar-refractivity contribution in [1.82, 2.24) is 0 Å². The minimum absolute atomic E-state index is 0.0293. The lowest BCUT2D eigenvalue weighted by atomic mass is 10.1. The van der Waals surface area contributed by atoms with Crippen molar-refractivity contribution in [3.8, 4) is 11.5 Å². The van der Waals surface area contributed by atoms with E-state index in [2.05, 4.69) is 22.6 Å². The first-order chi connectivity index (χ1) is 9.77. The van der Waals surface area contributed by atoms with E-state index in [1.807, 2.05) is 0 Å². The lowest BCUT2D eigenvalue weighted by molar-refractivity contribution is -0.138. The molecule has 0 fully saturated rings. The maximum absolute atomic E-state index is 12.7. The van der Waals surface area contributed by atoms with Gasteiger partial charge in [0.25, 0.3) is 0 Å². The molecule has 1 N–H and O–H groups in total. The van der Waals surface area contributed by atoms with E-state index in [1.54, 1.807) is 24.3 Å². The molecule has 2 rings (SSSR count). The zero-order chi connectivity index (χ0) is 15.6. The van der Waals surface area contributed by atoms with Crippen LogP contribution in [0.1, 0.15) is 15.9 Å². The van der Waals surface area contributed by atoms with Gasteiger partial charge in [-0.2, -0.15) is 13.2 Å². The van der Waals surface area contributed by atoms with Gasteiger partial charge in [0.15, 0.2) is 0 Å². The predicted molar refractivity (Wildman–Crippen MR) is 77.6 cm³/mol. The molecule has 0 unspecified atom stereocenters. The van der Waals surface area contributed by atoms with Crippen LogP contribution in [0.25, 0.3) is 0 Å². The molecule has 0 atom stereocenters. The molecule has 0 radical (unpaired) electrons. The van der Waals surface area contributed by atoms with Gasteiger partial charge in [-0.25, -0.2) is 4.79 Å². The van der Waals surface area contributed by atoms with E-state index in [4.69, 9.17) is 9.84 Å². The molecule has 0 saturated carbocycles. The van der Waals surface area contributed by atoms with Crippen LogP contribution in [0.3, 0.4) is 0 Å². The van der Waals surface area contributed by atoms with Crippen molar-refractivity contribution in [1.29, 1.82) is 0 Å². The summed E-state index contributed by atoms with van der Waals surface area (Å²) in [7, 11) is 0. The summed E-state index contributed by atoms with van der Waals surface area (Å²) in [6.45, 7) is 0. The molecular weight excluding hydrogens is 400 g/mol.